The molecule has 0 radical (unpaired) electrons. The Morgan fingerprint density at radius 2 is 1.47 bits per heavy atom. The average Bonchev–Trinajstić information content (AvgIpc) is 3.21. The maximum absolute atomic E-state index is 13.4. The molecule has 0 atom stereocenters. The van der Waals surface area contributed by atoms with Crippen molar-refractivity contribution in [3.8, 4) is 11.5 Å². The number of benzene rings is 3. The third kappa shape index (κ3) is 5.02. The fourth-order valence-corrected chi connectivity index (χ4v) is 6.90. The highest BCUT2D eigenvalue weighted by Crippen LogP contribution is 2.34. The van der Waals surface area contributed by atoms with Gasteiger partial charge in [0.25, 0.3) is 5.09 Å². The van der Waals surface area contributed by atoms with E-state index >= 15 is 0 Å². The normalized spacial score (nSPS) is 12.1. The van der Waals surface area contributed by atoms with Gasteiger partial charge in [-0.15, -0.1) is 0 Å². The summed E-state index contributed by atoms with van der Waals surface area (Å²) in [7, 11) is -8.85. The summed E-state index contributed by atoms with van der Waals surface area (Å²) in [5.41, 5.74) is 1.55. The summed E-state index contributed by atoms with van der Waals surface area (Å²) in [5.74, 6) is -1.48. The highest BCUT2D eigenvalue weighted by atomic mass is 35.5. The van der Waals surface area contributed by atoms with Crippen molar-refractivity contribution in [3.05, 3.63) is 93.7 Å². The van der Waals surface area contributed by atoms with Crippen molar-refractivity contribution in [3.63, 3.8) is 0 Å². The predicted molar refractivity (Wildman–Crippen MR) is 126 cm³/mol. The van der Waals surface area contributed by atoms with Gasteiger partial charge in [-0.2, -0.15) is 4.98 Å². The van der Waals surface area contributed by atoms with Crippen LogP contribution in [0.25, 0.3) is 11.5 Å². The van der Waals surface area contributed by atoms with Crippen LogP contribution in [0.5, 0.6) is 0 Å². The summed E-state index contributed by atoms with van der Waals surface area (Å²) >= 11 is 12.0. The van der Waals surface area contributed by atoms with Crippen molar-refractivity contribution in [1.29, 1.82) is 0 Å². The van der Waals surface area contributed by atoms with Gasteiger partial charge in [-0.05, 0) is 67.1 Å². The van der Waals surface area contributed by atoms with Crippen LogP contribution < -0.4 is 0 Å². The Hall–Kier alpha value is -2.72. The Balaban J connectivity index is 1.89. The Kier molecular flexibility index (Phi) is 6.56. The van der Waals surface area contributed by atoms with E-state index in [-0.39, 0.29) is 26.4 Å². The SMILES string of the molecule is Cc1ccc(-c2nc(S(=O)(=O)c3ccc(F)cc3)c(S(=O)(=O)Cc3cc(Cl)cc(Cl)c3)o2)cc1. The first-order chi connectivity index (χ1) is 16.0. The lowest BCUT2D eigenvalue weighted by Gasteiger charge is -2.06. The van der Waals surface area contributed by atoms with Gasteiger partial charge in [0.05, 0.1) is 10.6 Å². The lowest BCUT2D eigenvalue weighted by Crippen LogP contribution is -2.11. The van der Waals surface area contributed by atoms with E-state index in [0.29, 0.717) is 5.56 Å². The molecule has 0 aliphatic rings. The standard InChI is InChI=1S/C23H16Cl2FNO5S2/c1-14-2-4-16(5-3-14)21-27-22(34(30,31)20-8-6-19(26)7-9-20)23(32-21)33(28,29)13-15-10-17(24)12-18(25)11-15/h2-12H,13H2,1H3. The second-order valence-corrected chi connectivity index (χ2v) is 12.1. The van der Waals surface area contributed by atoms with Gasteiger partial charge in [0.1, 0.15) is 5.82 Å². The summed E-state index contributed by atoms with van der Waals surface area (Å²) < 4.78 is 72.2. The third-order valence-corrected chi connectivity index (χ3v) is 8.60. The van der Waals surface area contributed by atoms with Crippen LogP contribution in [0.2, 0.25) is 10.0 Å². The monoisotopic (exact) mass is 539 g/mol. The van der Waals surface area contributed by atoms with Crippen molar-refractivity contribution in [2.75, 3.05) is 0 Å². The first kappa shape index (κ1) is 24.4. The van der Waals surface area contributed by atoms with Crippen LogP contribution in [0.3, 0.4) is 0 Å². The van der Waals surface area contributed by atoms with E-state index in [4.69, 9.17) is 27.6 Å². The van der Waals surface area contributed by atoms with Crippen LogP contribution in [0.15, 0.2) is 86.2 Å². The van der Waals surface area contributed by atoms with Gasteiger partial charge >= 0.3 is 0 Å². The molecule has 1 heterocycles. The van der Waals surface area contributed by atoms with E-state index in [1.807, 2.05) is 6.92 Å². The number of oxazole rings is 1. The lowest BCUT2D eigenvalue weighted by atomic mass is 10.1. The molecule has 0 unspecified atom stereocenters. The number of aromatic nitrogens is 1. The zero-order valence-corrected chi connectivity index (χ0v) is 20.6. The molecule has 0 fully saturated rings. The Morgan fingerprint density at radius 1 is 0.882 bits per heavy atom. The molecule has 0 aliphatic carbocycles. The zero-order valence-electron chi connectivity index (χ0n) is 17.5. The number of nitrogens with zero attached hydrogens (tertiary/aromatic N) is 1. The van der Waals surface area contributed by atoms with Crippen molar-refractivity contribution < 1.29 is 25.6 Å². The van der Waals surface area contributed by atoms with Crippen molar-refractivity contribution in [2.45, 2.75) is 27.7 Å². The Bertz CT molecular complexity index is 1560. The number of aryl methyl sites for hydroxylation is 1. The number of rotatable bonds is 6. The topological polar surface area (TPSA) is 94.3 Å². The molecule has 0 spiro atoms. The molecule has 11 heteroatoms. The largest absolute Gasteiger partial charge is 0.423 e. The van der Waals surface area contributed by atoms with Gasteiger partial charge in [0, 0.05) is 15.6 Å². The number of hydrogen-bond donors (Lipinski definition) is 0. The molecular weight excluding hydrogens is 524 g/mol. The molecule has 34 heavy (non-hydrogen) atoms. The van der Waals surface area contributed by atoms with Gasteiger partial charge in [0.15, 0.2) is 0 Å². The van der Waals surface area contributed by atoms with Crippen molar-refractivity contribution >= 4 is 42.9 Å². The summed E-state index contributed by atoms with van der Waals surface area (Å²) in [6, 6.07) is 14.9. The summed E-state index contributed by atoms with van der Waals surface area (Å²) in [4.78, 5) is 3.71. The summed E-state index contributed by atoms with van der Waals surface area (Å²) in [6.07, 6.45) is 0. The molecule has 0 amide bonds. The van der Waals surface area contributed by atoms with Crippen LogP contribution in [-0.4, -0.2) is 21.8 Å². The first-order valence-electron chi connectivity index (χ1n) is 9.72. The third-order valence-electron chi connectivity index (χ3n) is 4.81. The lowest BCUT2D eigenvalue weighted by molar-refractivity contribution is 0.444. The van der Waals surface area contributed by atoms with Crippen LogP contribution in [0, 0.1) is 12.7 Å². The minimum Gasteiger partial charge on any atom is -0.423 e. The van der Waals surface area contributed by atoms with Crippen LogP contribution in [0.4, 0.5) is 4.39 Å². The maximum Gasteiger partial charge on any atom is 0.258 e. The molecule has 1 aromatic heterocycles. The average molecular weight is 540 g/mol. The van der Waals surface area contributed by atoms with Gasteiger partial charge < -0.3 is 4.42 Å². The molecule has 176 valence electrons. The first-order valence-corrected chi connectivity index (χ1v) is 13.6. The maximum atomic E-state index is 13.4. The van der Waals surface area contributed by atoms with E-state index in [1.165, 1.54) is 18.2 Å². The smallest absolute Gasteiger partial charge is 0.258 e. The Morgan fingerprint density at radius 3 is 2.06 bits per heavy atom. The van der Waals surface area contributed by atoms with Gasteiger partial charge in [-0.1, -0.05) is 40.9 Å². The fraction of sp³-hybridized carbons (Fsp3) is 0.0870. The molecule has 3 aromatic carbocycles. The number of halogens is 3. The second kappa shape index (κ2) is 9.14. The molecule has 0 aliphatic heterocycles. The fourth-order valence-electron chi connectivity index (χ4n) is 3.18. The van der Waals surface area contributed by atoms with Crippen molar-refractivity contribution in [1.82, 2.24) is 4.98 Å². The summed E-state index contributed by atoms with van der Waals surface area (Å²) in [5, 5.41) is -1.18. The van der Waals surface area contributed by atoms with Gasteiger partial charge in [0.2, 0.25) is 30.6 Å². The molecule has 4 aromatic rings. The highest BCUT2D eigenvalue weighted by Gasteiger charge is 2.35. The quantitative estimate of drug-likeness (QED) is 0.283. The van der Waals surface area contributed by atoms with Crippen LogP contribution in [-0.2, 0) is 25.4 Å². The van der Waals surface area contributed by atoms with Crippen LogP contribution in [0.1, 0.15) is 11.1 Å². The molecule has 0 saturated heterocycles. The molecule has 0 saturated carbocycles. The minimum atomic E-state index is -4.48. The van der Waals surface area contributed by atoms with E-state index < -0.39 is 41.4 Å². The Labute approximate surface area is 205 Å². The van der Waals surface area contributed by atoms with Gasteiger partial charge in [-0.3, -0.25) is 0 Å². The van der Waals surface area contributed by atoms with Crippen LogP contribution >= 0.6 is 23.2 Å². The van der Waals surface area contributed by atoms with E-state index in [1.54, 1.807) is 24.3 Å². The van der Waals surface area contributed by atoms with E-state index in [0.717, 1.165) is 29.8 Å². The molecule has 6 nitrogen and oxygen atoms in total. The molecular formula is C23H16Cl2FNO5S2. The zero-order chi connectivity index (χ0) is 24.7. The van der Waals surface area contributed by atoms with E-state index in [2.05, 4.69) is 4.98 Å². The van der Waals surface area contributed by atoms with Gasteiger partial charge in [-0.25, -0.2) is 21.2 Å². The minimum absolute atomic E-state index is 0.191. The summed E-state index contributed by atoms with van der Waals surface area (Å²) in [6.45, 7) is 1.86. The molecule has 0 N–H and O–H groups in total. The van der Waals surface area contributed by atoms with E-state index in [9.17, 15) is 21.2 Å². The second-order valence-electron chi connectivity index (χ2n) is 7.47. The number of hydrogen-bond acceptors (Lipinski definition) is 6. The van der Waals surface area contributed by atoms with Crippen molar-refractivity contribution in [2.24, 2.45) is 0 Å². The highest BCUT2D eigenvalue weighted by molar-refractivity contribution is 7.94. The molecule has 4 rings (SSSR count). The number of sulfone groups is 2. The molecule has 0 bridgehead atoms. The predicted octanol–water partition coefficient (Wildman–Crippen LogP) is 5.90.